The summed E-state index contributed by atoms with van der Waals surface area (Å²) in [6.45, 7) is 2.45. The Morgan fingerprint density at radius 1 is 0.639 bits per heavy atom. The van der Waals surface area contributed by atoms with Gasteiger partial charge in [0, 0.05) is 69.9 Å². The van der Waals surface area contributed by atoms with Crippen LogP contribution in [0.5, 0.6) is 0 Å². The molecule has 0 aliphatic carbocycles. The molecule has 2 saturated heterocycles. The molecule has 0 spiro atoms. The van der Waals surface area contributed by atoms with Gasteiger partial charge in [0.2, 0.25) is 0 Å². The maximum absolute atomic E-state index is 14.8. The maximum Gasteiger partial charge on any atom is 0.324 e. The number of morpholine rings is 2. The van der Waals surface area contributed by atoms with Crippen molar-refractivity contribution >= 4 is 64.1 Å². The molecule has 0 bridgehead atoms. The van der Waals surface area contributed by atoms with Crippen molar-refractivity contribution in [2.24, 2.45) is 5.73 Å². The van der Waals surface area contributed by atoms with E-state index in [1.807, 2.05) is 0 Å². The molecular weight excluding hydrogens is 847 g/mol. The number of carbonyl (C=O) groups is 5. The van der Waals surface area contributed by atoms with Crippen LogP contribution in [0, 0.1) is 11.6 Å². The van der Waals surface area contributed by atoms with Crippen molar-refractivity contribution in [3.8, 4) is 0 Å². The number of amides is 5. The Morgan fingerprint density at radius 2 is 1.03 bits per heavy atom. The van der Waals surface area contributed by atoms with Crippen molar-refractivity contribution in [1.29, 1.82) is 0 Å². The highest BCUT2D eigenvalue weighted by molar-refractivity contribution is 6.31. The summed E-state index contributed by atoms with van der Waals surface area (Å²) in [5.74, 6) is -3.97. The lowest BCUT2D eigenvalue weighted by atomic mass is 10.1. The minimum absolute atomic E-state index is 0.0146. The molecule has 0 radical (unpaired) electrons. The van der Waals surface area contributed by atoms with Crippen molar-refractivity contribution in [3.63, 3.8) is 0 Å². The van der Waals surface area contributed by atoms with Gasteiger partial charge in [-0.25, -0.2) is 18.4 Å². The third-order valence-corrected chi connectivity index (χ3v) is 10.0. The van der Waals surface area contributed by atoms with Crippen molar-refractivity contribution in [2.45, 2.75) is 19.5 Å². The van der Waals surface area contributed by atoms with Crippen molar-refractivity contribution in [2.75, 3.05) is 75.5 Å². The van der Waals surface area contributed by atoms with E-state index < -0.39 is 36.3 Å². The first-order chi connectivity index (χ1) is 29.2. The minimum Gasteiger partial charge on any atom is -0.378 e. The molecule has 0 atom stereocenters. The summed E-state index contributed by atoms with van der Waals surface area (Å²) in [7, 11) is 0. The van der Waals surface area contributed by atoms with Gasteiger partial charge in [0.15, 0.2) is 11.6 Å². The van der Waals surface area contributed by atoms with E-state index in [-0.39, 0.29) is 54.2 Å². The van der Waals surface area contributed by atoms with E-state index >= 15 is 0 Å². The Labute approximate surface area is 358 Å². The fourth-order valence-corrected chi connectivity index (χ4v) is 6.39. The van der Waals surface area contributed by atoms with E-state index in [2.05, 4.69) is 0 Å². The smallest absolute Gasteiger partial charge is 0.324 e. The molecule has 2 heterocycles. The van der Waals surface area contributed by atoms with E-state index in [4.69, 9.17) is 38.4 Å². The average molecular weight is 890 g/mol. The molecule has 5 amide bonds. The molecule has 6 rings (SSSR count). The summed E-state index contributed by atoms with van der Waals surface area (Å²) in [6, 6.07) is 20.5. The van der Waals surface area contributed by atoms with Crippen molar-refractivity contribution in [3.05, 3.63) is 129 Å². The van der Waals surface area contributed by atoms with Gasteiger partial charge in [0.25, 0.3) is 5.91 Å². The maximum atomic E-state index is 14.8. The lowest BCUT2D eigenvalue weighted by molar-refractivity contribution is -0.131. The zero-order chi connectivity index (χ0) is 44.1. The first kappa shape index (κ1) is 46.5. The van der Waals surface area contributed by atoms with Gasteiger partial charge in [-0.3, -0.25) is 24.2 Å². The van der Waals surface area contributed by atoms with Gasteiger partial charge in [0.1, 0.15) is 11.6 Å². The molecule has 3 N–H and O–H groups in total. The second-order valence-corrected chi connectivity index (χ2v) is 14.4. The highest BCUT2D eigenvalue weighted by Gasteiger charge is 2.27. The number of urea groups is 2. The second-order valence-electron chi connectivity index (χ2n) is 13.6. The number of nitrogens with two attached hydrogens (primary N) is 1. The van der Waals surface area contributed by atoms with Crippen molar-refractivity contribution < 1.29 is 51.0 Å². The Hall–Kier alpha value is -5.59. The first-order valence-electron chi connectivity index (χ1n) is 18.9. The van der Waals surface area contributed by atoms with Crippen LogP contribution in [0.4, 0.5) is 38.5 Å². The number of nitrogens with one attached hydrogen (secondary N) is 1. The van der Waals surface area contributed by atoms with Crippen LogP contribution < -0.4 is 20.9 Å². The monoisotopic (exact) mass is 888 g/mol. The zero-order valence-electron chi connectivity index (χ0n) is 32.6. The van der Waals surface area contributed by atoms with E-state index in [1.54, 1.807) is 63.6 Å². The summed E-state index contributed by atoms with van der Waals surface area (Å²) in [5, 5.41) is 2.80. The number of Topliss-reactive ketones (excluding diaryl/α,β-unsaturated/α-hetero) is 2. The van der Waals surface area contributed by atoms with Crippen LogP contribution in [0.2, 0.25) is 10.0 Å². The fraction of sp³-hybridized carbons (Fsp3) is 0.310. The van der Waals surface area contributed by atoms with Crippen LogP contribution in [-0.2, 0) is 27.4 Å². The zero-order valence-corrected chi connectivity index (χ0v) is 34.1. The number of rotatable bonds is 12. The number of benzene rings is 4. The highest BCUT2D eigenvalue weighted by atomic mass is 35.5. The molecular formula is C42H42Cl2F4N6O7. The summed E-state index contributed by atoms with van der Waals surface area (Å²) in [6.07, 6.45) is -3.25. The molecule has 4 aromatic carbocycles. The topological polar surface area (TPSA) is 155 Å². The normalized spacial score (nSPS) is 13.8. The van der Waals surface area contributed by atoms with E-state index in [0.717, 1.165) is 12.1 Å². The Bertz CT molecular complexity index is 2170. The summed E-state index contributed by atoms with van der Waals surface area (Å²) in [5.41, 5.74) is 6.99. The van der Waals surface area contributed by atoms with Crippen LogP contribution in [0.15, 0.2) is 84.9 Å². The molecule has 19 heteroatoms. The van der Waals surface area contributed by atoms with Crippen LogP contribution in [-0.4, -0.2) is 111 Å². The predicted octanol–water partition coefficient (Wildman–Crippen LogP) is 6.58. The van der Waals surface area contributed by atoms with Gasteiger partial charge in [-0.15, -0.1) is 0 Å². The fourth-order valence-electron chi connectivity index (χ4n) is 6.13. The van der Waals surface area contributed by atoms with Gasteiger partial charge in [0.05, 0.1) is 52.6 Å². The largest absolute Gasteiger partial charge is 0.378 e. The number of carbonyl (C=O) groups excluding carboxylic acids is 5. The van der Waals surface area contributed by atoms with Crippen LogP contribution in [0.25, 0.3) is 0 Å². The lowest BCUT2D eigenvalue weighted by Crippen LogP contribution is -2.48. The van der Waals surface area contributed by atoms with Crippen LogP contribution in [0.3, 0.4) is 0 Å². The Kier molecular flexibility index (Phi) is 17.0. The number of anilines is 2. The van der Waals surface area contributed by atoms with E-state index in [1.165, 1.54) is 34.1 Å². The lowest BCUT2D eigenvalue weighted by Gasteiger charge is -2.33. The molecule has 2 aliphatic rings. The number of ketones is 2. The van der Waals surface area contributed by atoms with Crippen molar-refractivity contribution in [1.82, 2.24) is 15.1 Å². The molecule has 0 aromatic heterocycles. The standard InChI is InChI=1S/C22H21ClF3N3O4.C20H21ClFN3O3/c23-16-3-5-17(6-4-16)29(22(32)28-7-9-33-10-8-28)13-15-2-1-14(11-18(15)24)19(30)12-27-21(31)20(25)26;21-16-3-5-17(6-4-16)25(20(27)24-7-9-28-10-8-24)13-15-2-1-14(11-18(15)22)19(26)12-23/h1-6,11,20H,7-10,12-13H2,(H,27,31);1-6,11H,7-10,12-13,23H2. The second kappa shape index (κ2) is 22.3. The van der Waals surface area contributed by atoms with Gasteiger partial charge in [-0.1, -0.05) is 47.5 Å². The molecule has 2 aliphatic heterocycles. The molecule has 61 heavy (non-hydrogen) atoms. The average Bonchev–Trinajstić information content (AvgIpc) is 3.28. The van der Waals surface area contributed by atoms with Crippen LogP contribution in [0.1, 0.15) is 31.8 Å². The minimum atomic E-state index is -3.25. The molecule has 0 unspecified atom stereocenters. The molecule has 324 valence electrons. The molecule has 13 nitrogen and oxygen atoms in total. The number of ether oxygens (including phenoxy) is 2. The third kappa shape index (κ3) is 13.0. The Morgan fingerprint density at radius 3 is 1.39 bits per heavy atom. The van der Waals surface area contributed by atoms with Gasteiger partial charge >= 0.3 is 18.5 Å². The summed E-state index contributed by atoms with van der Waals surface area (Å²) >= 11 is 11.9. The van der Waals surface area contributed by atoms with Crippen LogP contribution >= 0.6 is 23.2 Å². The summed E-state index contributed by atoms with van der Waals surface area (Å²) in [4.78, 5) is 67.1. The highest BCUT2D eigenvalue weighted by Crippen LogP contribution is 2.26. The predicted molar refractivity (Wildman–Crippen MR) is 220 cm³/mol. The van der Waals surface area contributed by atoms with E-state index in [0.29, 0.717) is 79.6 Å². The quantitative estimate of drug-likeness (QED) is 0.120. The SMILES string of the molecule is NCC(=O)c1ccc(CN(C(=O)N2CCOCC2)c2ccc(Cl)cc2)c(F)c1.O=C(CNC(=O)C(F)F)c1ccc(CN(C(=O)N2CCOCC2)c2ccc(Cl)cc2)c(F)c1. The van der Waals surface area contributed by atoms with Gasteiger partial charge < -0.3 is 30.3 Å². The number of hydrogen-bond acceptors (Lipinski definition) is 8. The number of alkyl halides is 2. The molecule has 0 saturated carbocycles. The number of hydrogen-bond donors (Lipinski definition) is 2. The van der Waals surface area contributed by atoms with E-state index in [9.17, 15) is 41.5 Å². The molecule has 4 aromatic rings. The number of halogens is 6. The van der Waals surface area contributed by atoms with Gasteiger partial charge in [-0.05, 0) is 60.7 Å². The Balaban J connectivity index is 0.000000234. The summed E-state index contributed by atoms with van der Waals surface area (Å²) < 4.78 is 64.5. The first-order valence-corrected chi connectivity index (χ1v) is 19.7. The third-order valence-electron chi connectivity index (χ3n) is 9.52. The van der Waals surface area contributed by atoms with Gasteiger partial charge in [-0.2, -0.15) is 8.78 Å². The number of nitrogens with zero attached hydrogens (tertiary/aromatic N) is 4. The molecule has 2 fully saturated rings.